The van der Waals surface area contributed by atoms with E-state index >= 15 is 0 Å². The van der Waals surface area contributed by atoms with Gasteiger partial charge in [0.1, 0.15) is 11.6 Å². The van der Waals surface area contributed by atoms with Crippen LogP contribution in [0.2, 0.25) is 0 Å². The van der Waals surface area contributed by atoms with Crippen LogP contribution in [0, 0.1) is 11.3 Å². The Bertz CT molecular complexity index is 3210. The van der Waals surface area contributed by atoms with E-state index in [1.54, 1.807) is 0 Å². The van der Waals surface area contributed by atoms with Crippen molar-refractivity contribution in [1.82, 2.24) is 14.1 Å². The van der Waals surface area contributed by atoms with Crippen LogP contribution in [0.1, 0.15) is 5.56 Å². The largest absolute Gasteiger partial charge is 0.308 e. The minimum absolute atomic E-state index is 0.587. The van der Waals surface area contributed by atoms with Crippen LogP contribution in [0.25, 0.3) is 99.5 Å². The van der Waals surface area contributed by atoms with Crippen LogP contribution in [0.5, 0.6) is 0 Å². The van der Waals surface area contributed by atoms with Crippen LogP contribution in [0.4, 0.5) is 0 Å². The van der Waals surface area contributed by atoms with E-state index in [1.807, 2.05) is 30.6 Å². The molecule has 0 atom stereocenters. The topological polar surface area (TPSA) is 46.5 Å². The zero-order chi connectivity index (χ0) is 38.6. The van der Waals surface area contributed by atoms with Crippen molar-refractivity contribution in [2.75, 3.05) is 0 Å². The third-order valence-corrected chi connectivity index (χ3v) is 11.5. The molecule has 0 saturated heterocycles. The smallest absolute Gasteiger partial charge is 0.104 e. The summed E-state index contributed by atoms with van der Waals surface area (Å²) in [4.78, 5) is 4.59. The average molecular weight is 739 g/mol. The van der Waals surface area contributed by atoms with E-state index in [2.05, 4.69) is 196 Å². The molecule has 0 aliphatic carbocycles. The molecule has 0 amide bonds. The van der Waals surface area contributed by atoms with Crippen molar-refractivity contribution in [3.63, 3.8) is 0 Å². The van der Waals surface area contributed by atoms with E-state index in [0.29, 0.717) is 5.56 Å². The van der Waals surface area contributed by atoms with Crippen molar-refractivity contribution in [2.24, 2.45) is 0 Å². The number of pyridine rings is 1. The fourth-order valence-corrected chi connectivity index (χ4v) is 8.81. The average Bonchev–Trinajstić information content (AvgIpc) is 3.81. The number of hydrogen-bond acceptors (Lipinski definition) is 2. The van der Waals surface area contributed by atoms with Crippen LogP contribution in [0.3, 0.4) is 0 Å². The van der Waals surface area contributed by atoms with E-state index < -0.39 is 0 Å². The lowest BCUT2D eigenvalue weighted by Gasteiger charge is -2.19. The zero-order valence-electron chi connectivity index (χ0n) is 31.4. The van der Waals surface area contributed by atoms with Crippen LogP contribution >= 0.6 is 0 Å². The molecule has 11 aromatic rings. The molecule has 8 aromatic carbocycles. The van der Waals surface area contributed by atoms with Gasteiger partial charge in [-0.15, -0.1) is 0 Å². The molecule has 0 radical (unpaired) electrons. The Hall–Kier alpha value is -8.00. The second-order valence-electron chi connectivity index (χ2n) is 14.7. The summed E-state index contributed by atoms with van der Waals surface area (Å²) in [5, 5.41) is 16.0. The van der Waals surface area contributed by atoms with Gasteiger partial charge < -0.3 is 9.13 Å². The molecule has 3 heterocycles. The molecule has 11 rings (SSSR count). The summed E-state index contributed by atoms with van der Waals surface area (Å²) in [5.41, 5.74) is 15.1. The summed E-state index contributed by atoms with van der Waals surface area (Å²) < 4.78 is 4.57. The number of rotatable bonds is 6. The zero-order valence-corrected chi connectivity index (χ0v) is 31.4. The molecule has 0 saturated carbocycles. The molecule has 0 unspecified atom stereocenters. The number of nitrogens with zero attached hydrogens (tertiary/aromatic N) is 4. The van der Waals surface area contributed by atoms with Gasteiger partial charge >= 0.3 is 0 Å². The van der Waals surface area contributed by atoms with Gasteiger partial charge in [-0.1, -0.05) is 140 Å². The first-order valence-electron chi connectivity index (χ1n) is 19.5. The van der Waals surface area contributed by atoms with Gasteiger partial charge in [0.15, 0.2) is 0 Å². The summed E-state index contributed by atoms with van der Waals surface area (Å²) in [6, 6.07) is 71.1. The van der Waals surface area contributed by atoms with Crippen molar-refractivity contribution in [1.29, 1.82) is 5.26 Å². The standard InChI is InChI=1S/C54H34N4/c55-34-47-53(57-49-22-12-10-20-43(49)45-30-39(24-26-51(45)57)36-14-4-1-5-15-36)32-41(42-28-29-56-35-48(42)38-18-8-3-9-19-38)33-54(47)58-50-23-13-11-21-44(50)46-31-40(25-27-52(46)58)37-16-6-2-7-17-37/h1-33,35H. The molecule has 270 valence electrons. The monoisotopic (exact) mass is 738 g/mol. The lowest BCUT2D eigenvalue weighted by molar-refractivity contribution is 1.12. The van der Waals surface area contributed by atoms with Crippen molar-refractivity contribution in [2.45, 2.75) is 0 Å². The molecule has 0 spiro atoms. The first kappa shape index (κ1) is 33.3. The van der Waals surface area contributed by atoms with Crippen molar-refractivity contribution < 1.29 is 0 Å². The minimum Gasteiger partial charge on any atom is -0.308 e. The van der Waals surface area contributed by atoms with Gasteiger partial charge in [-0.25, -0.2) is 0 Å². The Morgan fingerprint density at radius 3 is 1.31 bits per heavy atom. The minimum atomic E-state index is 0.587. The van der Waals surface area contributed by atoms with Gasteiger partial charge in [0.25, 0.3) is 0 Å². The van der Waals surface area contributed by atoms with Crippen LogP contribution < -0.4 is 0 Å². The lowest BCUT2D eigenvalue weighted by Crippen LogP contribution is -2.05. The summed E-state index contributed by atoms with van der Waals surface area (Å²) in [5.74, 6) is 0. The Kier molecular flexibility index (Phi) is 7.84. The molecule has 0 bridgehead atoms. The lowest BCUT2D eigenvalue weighted by atomic mass is 9.94. The SMILES string of the molecule is N#Cc1c(-n2c3ccccc3c3cc(-c4ccccc4)ccc32)cc(-c2ccncc2-c2ccccc2)cc1-n1c2ccccc2c2cc(-c3ccccc3)ccc21. The van der Waals surface area contributed by atoms with Gasteiger partial charge in [-0.2, -0.15) is 5.26 Å². The number of nitriles is 1. The highest BCUT2D eigenvalue weighted by molar-refractivity contribution is 6.12. The highest BCUT2D eigenvalue weighted by Crippen LogP contribution is 2.43. The molecule has 0 aliphatic heterocycles. The number of aromatic nitrogens is 3. The maximum Gasteiger partial charge on any atom is 0.104 e. The quantitative estimate of drug-likeness (QED) is 0.170. The van der Waals surface area contributed by atoms with Gasteiger partial charge in [0, 0.05) is 39.5 Å². The Morgan fingerprint density at radius 1 is 0.362 bits per heavy atom. The maximum absolute atomic E-state index is 11.5. The predicted octanol–water partition coefficient (Wildman–Crippen LogP) is 13.8. The van der Waals surface area contributed by atoms with E-state index in [-0.39, 0.29) is 0 Å². The predicted molar refractivity (Wildman–Crippen MR) is 239 cm³/mol. The summed E-state index contributed by atoms with van der Waals surface area (Å²) in [6.45, 7) is 0. The highest BCUT2D eigenvalue weighted by Gasteiger charge is 2.24. The van der Waals surface area contributed by atoms with E-state index in [9.17, 15) is 5.26 Å². The van der Waals surface area contributed by atoms with Crippen molar-refractivity contribution >= 4 is 43.6 Å². The number of benzene rings is 8. The van der Waals surface area contributed by atoms with Crippen molar-refractivity contribution in [3.8, 4) is 62.0 Å². The first-order chi connectivity index (χ1) is 28.7. The highest BCUT2D eigenvalue weighted by atomic mass is 15.0. The summed E-state index contributed by atoms with van der Waals surface area (Å²) >= 11 is 0. The number of para-hydroxylation sites is 2. The van der Waals surface area contributed by atoms with Gasteiger partial charge in [-0.05, 0) is 93.5 Å². The van der Waals surface area contributed by atoms with E-state index in [1.165, 1.54) is 0 Å². The van der Waals surface area contributed by atoms with E-state index in [4.69, 9.17) is 0 Å². The molecule has 58 heavy (non-hydrogen) atoms. The summed E-state index contributed by atoms with van der Waals surface area (Å²) in [7, 11) is 0. The van der Waals surface area contributed by atoms with Gasteiger partial charge in [0.2, 0.25) is 0 Å². The third kappa shape index (κ3) is 5.33. The molecular formula is C54H34N4. The Balaban J connectivity index is 1.25. The molecule has 0 N–H and O–H groups in total. The van der Waals surface area contributed by atoms with Crippen LogP contribution in [-0.4, -0.2) is 14.1 Å². The molecule has 4 nitrogen and oxygen atoms in total. The van der Waals surface area contributed by atoms with Gasteiger partial charge in [0.05, 0.1) is 33.4 Å². The third-order valence-electron chi connectivity index (χ3n) is 11.5. The van der Waals surface area contributed by atoms with Crippen LogP contribution in [0.15, 0.2) is 207 Å². The molecule has 0 aliphatic rings. The molecular weight excluding hydrogens is 705 g/mol. The van der Waals surface area contributed by atoms with E-state index in [0.717, 1.165) is 99.5 Å². The second-order valence-corrected chi connectivity index (χ2v) is 14.7. The number of fused-ring (bicyclic) bond motifs is 6. The molecule has 3 aromatic heterocycles. The second kappa shape index (κ2) is 13.6. The van der Waals surface area contributed by atoms with Crippen molar-refractivity contribution in [3.05, 3.63) is 212 Å². The summed E-state index contributed by atoms with van der Waals surface area (Å²) in [6.07, 6.45) is 3.80. The normalized spacial score (nSPS) is 11.4. The fourth-order valence-electron chi connectivity index (χ4n) is 8.81. The maximum atomic E-state index is 11.5. The molecule has 0 fully saturated rings. The Labute approximate surface area is 335 Å². The van der Waals surface area contributed by atoms with Gasteiger partial charge in [-0.3, -0.25) is 4.98 Å². The first-order valence-corrected chi connectivity index (χ1v) is 19.5. The fraction of sp³-hybridized carbons (Fsp3) is 0. The number of hydrogen-bond donors (Lipinski definition) is 0. The van der Waals surface area contributed by atoms with Crippen LogP contribution in [-0.2, 0) is 0 Å². The molecule has 4 heteroatoms. The Morgan fingerprint density at radius 2 is 0.810 bits per heavy atom.